The molecule has 0 aromatic heterocycles. The van der Waals surface area contributed by atoms with Gasteiger partial charge in [0.15, 0.2) is 0 Å². The summed E-state index contributed by atoms with van der Waals surface area (Å²) in [4.78, 5) is 29.3. The van der Waals surface area contributed by atoms with Crippen LogP contribution in [0.4, 0.5) is 0 Å². The van der Waals surface area contributed by atoms with Crippen LogP contribution in [0.3, 0.4) is 0 Å². The summed E-state index contributed by atoms with van der Waals surface area (Å²) in [6, 6.07) is 0. The lowest BCUT2D eigenvalue weighted by atomic mass is 15.7. The highest BCUT2D eigenvalue weighted by Gasteiger charge is 2.22. The van der Waals surface area contributed by atoms with Gasteiger partial charge >= 0.3 is 9.05 Å². The first-order valence-electron chi connectivity index (χ1n) is 0.894. The van der Waals surface area contributed by atoms with Gasteiger partial charge in [-0.1, -0.05) is 0 Å². The summed E-state index contributed by atoms with van der Waals surface area (Å²) < 4.78 is 0. The Labute approximate surface area is 39.2 Å². The molecule has 0 aliphatic carbocycles. The average molecular weight is 127 g/mol. The molecule has 0 heterocycles. The van der Waals surface area contributed by atoms with Gasteiger partial charge in [-0.25, -0.2) is 0 Å². The van der Waals surface area contributed by atoms with E-state index in [1.807, 2.05) is 0 Å². The zero-order valence-corrected chi connectivity index (χ0v) is 4.63. The minimum Gasteiger partial charge on any atom is -0.368 e. The molecule has 0 atom stereocenters. The van der Waals surface area contributed by atoms with Crippen LogP contribution in [-0.2, 0) is 0 Å². The molecule has 4 N–H and O–H groups in total. The number of rotatable bonds is 0. The topological polar surface area (TPSA) is 80.9 Å². The van der Waals surface area contributed by atoms with Crippen LogP contribution in [0.25, 0.3) is 0 Å². The van der Waals surface area contributed by atoms with Crippen LogP contribution in [0, 0.1) is 0 Å². The third kappa shape index (κ3) is 230. The summed E-state index contributed by atoms with van der Waals surface area (Å²) in [7, 11) is -4.61. The molecule has 0 saturated carbocycles. The molecule has 37 valence electrons. The first-order valence-corrected chi connectivity index (χ1v) is 2.68. The Morgan fingerprint density at radius 2 is 0.833 bits per heavy atom. The van der Waals surface area contributed by atoms with E-state index in [9.17, 15) is 0 Å². The third-order valence-corrected chi connectivity index (χ3v) is 0. The van der Waals surface area contributed by atoms with Gasteiger partial charge in [0, 0.05) is 9.90 Å². The van der Waals surface area contributed by atoms with Crippen LogP contribution in [-0.4, -0.2) is 28.2 Å². The molecule has 0 aromatic rings. The van der Waals surface area contributed by atoms with Crippen LogP contribution < -0.4 is 0 Å². The highest BCUT2D eigenvalue weighted by Crippen LogP contribution is 1.67. The summed E-state index contributed by atoms with van der Waals surface area (Å²) in [5.74, 6) is 0. The zero-order chi connectivity index (χ0) is 4.50. The van der Waals surface area contributed by atoms with Crippen LogP contribution in [0.15, 0.2) is 0 Å². The molecule has 0 aromatic carbocycles. The molecule has 3 radical (unpaired) electrons. The van der Waals surface area contributed by atoms with E-state index in [0.29, 0.717) is 0 Å². The van der Waals surface area contributed by atoms with Gasteiger partial charge in [0.1, 0.15) is 0 Å². The Hall–Kier alpha value is 0.487. The molecule has 0 aliphatic rings. The zero-order valence-electron chi connectivity index (χ0n) is 2.74. The fourth-order valence-electron chi connectivity index (χ4n) is 0. The van der Waals surface area contributed by atoms with Crippen molar-refractivity contribution in [2.24, 2.45) is 0 Å². The largest absolute Gasteiger partial charge is 0.668 e. The van der Waals surface area contributed by atoms with Crippen molar-refractivity contribution < 1.29 is 19.2 Å². The molecule has 0 bridgehead atoms. The van der Waals surface area contributed by atoms with Crippen molar-refractivity contribution in [3.63, 3.8) is 0 Å². The van der Waals surface area contributed by atoms with Crippen molar-refractivity contribution in [3.05, 3.63) is 0 Å². The van der Waals surface area contributed by atoms with Gasteiger partial charge < -0.3 is 19.2 Å². The number of hydrogen-bond donors (Lipinski definition) is 4. The fourth-order valence-corrected chi connectivity index (χ4v) is 0. The highest BCUT2D eigenvalue weighted by atomic mass is 31.0. The standard InChI is InChI=1S/H4O4Si.P/c1-5(2,3)4;/h1-4H;. The molecular formula is H4O4PSi. The average Bonchev–Trinajstić information content (AvgIpc) is 0.722. The quantitative estimate of drug-likeness (QED) is 0.230. The van der Waals surface area contributed by atoms with E-state index in [0.717, 1.165) is 0 Å². The summed E-state index contributed by atoms with van der Waals surface area (Å²) >= 11 is 0. The van der Waals surface area contributed by atoms with Crippen molar-refractivity contribution in [1.29, 1.82) is 0 Å². The van der Waals surface area contributed by atoms with Crippen molar-refractivity contribution in [1.82, 2.24) is 0 Å². The Bertz CT molecular complexity index is 23.0. The monoisotopic (exact) mass is 127 g/mol. The molecule has 0 rings (SSSR count). The first kappa shape index (κ1) is 9.70. The van der Waals surface area contributed by atoms with E-state index in [1.54, 1.807) is 0 Å². The van der Waals surface area contributed by atoms with E-state index in [-0.39, 0.29) is 9.90 Å². The van der Waals surface area contributed by atoms with Gasteiger partial charge in [0.25, 0.3) is 0 Å². The van der Waals surface area contributed by atoms with Gasteiger partial charge in [-0.15, -0.1) is 0 Å². The second-order valence-corrected chi connectivity index (χ2v) is 1.80. The molecule has 4 nitrogen and oxygen atoms in total. The summed E-state index contributed by atoms with van der Waals surface area (Å²) in [5.41, 5.74) is 0. The maximum absolute atomic E-state index is 7.33. The van der Waals surface area contributed by atoms with Gasteiger partial charge in [-0.05, 0) is 0 Å². The number of hydrogen-bond acceptors (Lipinski definition) is 4. The molecule has 0 saturated heterocycles. The Kier molecular flexibility index (Phi) is 4.24. The molecule has 0 unspecified atom stereocenters. The van der Waals surface area contributed by atoms with Gasteiger partial charge in [0.05, 0.1) is 0 Å². The Balaban J connectivity index is 0. The molecule has 0 spiro atoms. The fraction of sp³-hybridized carbons (Fsp3) is 0. The van der Waals surface area contributed by atoms with Gasteiger partial charge in [-0.3, -0.25) is 0 Å². The summed E-state index contributed by atoms with van der Waals surface area (Å²) in [6.45, 7) is 0. The SMILES string of the molecule is O[Si](O)(O)O.[P]. The first-order chi connectivity index (χ1) is 2.00. The van der Waals surface area contributed by atoms with E-state index >= 15 is 0 Å². The molecule has 0 aliphatic heterocycles. The minimum atomic E-state index is -4.61. The normalized spacial score (nSPS) is 10.0. The van der Waals surface area contributed by atoms with Crippen LogP contribution in [0.2, 0.25) is 0 Å². The van der Waals surface area contributed by atoms with Crippen LogP contribution in [0.1, 0.15) is 0 Å². The van der Waals surface area contributed by atoms with E-state index in [2.05, 4.69) is 0 Å². The lowest BCUT2D eigenvalue weighted by Gasteiger charge is -1.91. The third-order valence-electron chi connectivity index (χ3n) is 0. The van der Waals surface area contributed by atoms with Crippen molar-refractivity contribution in [3.8, 4) is 0 Å². The van der Waals surface area contributed by atoms with Crippen LogP contribution >= 0.6 is 9.90 Å². The molecule has 6 heteroatoms. The summed E-state index contributed by atoms with van der Waals surface area (Å²) in [6.07, 6.45) is 0. The van der Waals surface area contributed by atoms with Crippen molar-refractivity contribution in [2.45, 2.75) is 0 Å². The van der Waals surface area contributed by atoms with Gasteiger partial charge in [0.2, 0.25) is 0 Å². The lowest BCUT2D eigenvalue weighted by Crippen LogP contribution is -2.33. The second kappa shape index (κ2) is 2.63. The minimum absolute atomic E-state index is 0. The molecule has 0 fully saturated rings. The molecule has 6 heavy (non-hydrogen) atoms. The van der Waals surface area contributed by atoms with E-state index in [4.69, 9.17) is 19.2 Å². The van der Waals surface area contributed by atoms with Crippen LogP contribution in [0.5, 0.6) is 0 Å². The van der Waals surface area contributed by atoms with E-state index < -0.39 is 9.05 Å². The van der Waals surface area contributed by atoms with Crippen molar-refractivity contribution in [2.75, 3.05) is 0 Å². The van der Waals surface area contributed by atoms with Gasteiger partial charge in [-0.2, -0.15) is 0 Å². The maximum Gasteiger partial charge on any atom is 0.668 e. The summed E-state index contributed by atoms with van der Waals surface area (Å²) in [5, 5.41) is 0. The molecule has 0 amide bonds. The highest BCUT2D eigenvalue weighted by molar-refractivity contribution is 6.92. The second-order valence-electron chi connectivity index (χ2n) is 0.600. The predicted octanol–water partition coefficient (Wildman–Crippen LogP) is -1.75. The van der Waals surface area contributed by atoms with E-state index in [1.165, 1.54) is 0 Å². The molecular weight excluding hydrogens is 123 g/mol. The Morgan fingerprint density at radius 3 is 0.833 bits per heavy atom. The van der Waals surface area contributed by atoms with Crippen molar-refractivity contribution >= 4 is 18.9 Å². The Morgan fingerprint density at radius 1 is 0.833 bits per heavy atom. The predicted molar refractivity (Wildman–Crippen MR) is 21.5 cm³/mol. The lowest BCUT2D eigenvalue weighted by molar-refractivity contribution is 0.117. The maximum atomic E-state index is 7.33. The smallest absolute Gasteiger partial charge is 0.368 e.